The van der Waals surface area contributed by atoms with Crippen molar-refractivity contribution >= 4 is 17.5 Å². The van der Waals surface area contributed by atoms with Crippen molar-refractivity contribution in [3.8, 4) is 22.8 Å². The van der Waals surface area contributed by atoms with Gasteiger partial charge in [-0.2, -0.15) is 0 Å². The summed E-state index contributed by atoms with van der Waals surface area (Å²) in [6.07, 6.45) is 5.96. The number of thioether (sulfide) groups is 1. The summed E-state index contributed by atoms with van der Waals surface area (Å²) in [5, 5.41) is 9.46. The molecule has 3 aromatic rings. The van der Waals surface area contributed by atoms with Crippen LogP contribution >= 0.6 is 11.8 Å². The number of Topliss-reactive ketones (excluding diaryl/α,β-unsaturated/α-hetero) is 1. The van der Waals surface area contributed by atoms with Crippen molar-refractivity contribution in [2.24, 2.45) is 0 Å². The van der Waals surface area contributed by atoms with Crippen LogP contribution in [0.4, 0.5) is 0 Å². The summed E-state index contributed by atoms with van der Waals surface area (Å²) in [6.45, 7) is 0. The van der Waals surface area contributed by atoms with E-state index in [0.717, 1.165) is 40.8 Å². The molecule has 0 radical (unpaired) electrons. The minimum atomic E-state index is -0.0403. The van der Waals surface area contributed by atoms with Gasteiger partial charge in [0.15, 0.2) is 11.0 Å². The second-order valence-electron chi connectivity index (χ2n) is 6.04. The number of ketones is 1. The summed E-state index contributed by atoms with van der Waals surface area (Å²) >= 11 is 1.50. The number of hydrogen-bond donors (Lipinski definition) is 0. The minimum Gasteiger partial charge on any atom is -0.497 e. The Balaban J connectivity index is 1.78. The van der Waals surface area contributed by atoms with E-state index in [2.05, 4.69) is 15.2 Å². The molecule has 1 saturated carbocycles. The lowest BCUT2D eigenvalue weighted by atomic mass is 10.2. The van der Waals surface area contributed by atoms with Gasteiger partial charge in [-0.1, -0.05) is 11.8 Å². The average Bonchev–Trinajstić information content (AvgIpc) is 3.29. The van der Waals surface area contributed by atoms with Gasteiger partial charge in [-0.05, 0) is 49.2 Å². The van der Waals surface area contributed by atoms with E-state index in [-0.39, 0.29) is 5.25 Å². The van der Waals surface area contributed by atoms with Gasteiger partial charge in [-0.25, -0.2) is 0 Å². The summed E-state index contributed by atoms with van der Waals surface area (Å²) in [4.78, 5) is 16.2. The van der Waals surface area contributed by atoms with Crippen molar-refractivity contribution in [1.29, 1.82) is 0 Å². The summed E-state index contributed by atoms with van der Waals surface area (Å²) < 4.78 is 7.25. The number of pyridine rings is 1. The molecule has 0 N–H and O–H groups in total. The lowest BCUT2D eigenvalue weighted by molar-refractivity contribution is -0.116. The molecule has 0 spiro atoms. The van der Waals surface area contributed by atoms with Crippen molar-refractivity contribution in [3.63, 3.8) is 0 Å². The molecule has 1 aliphatic rings. The Labute approximate surface area is 155 Å². The van der Waals surface area contributed by atoms with Crippen molar-refractivity contribution in [2.75, 3.05) is 7.11 Å². The Bertz CT molecular complexity index is 909. The normalized spacial score (nSPS) is 16.8. The van der Waals surface area contributed by atoms with Crippen LogP contribution in [0, 0.1) is 0 Å². The van der Waals surface area contributed by atoms with Crippen molar-refractivity contribution in [1.82, 2.24) is 19.7 Å². The largest absolute Gasteiger partial charge is 0.497 e. The maximum absolute atomic E-state index is 12.1. The summed E-state index contributed by atoms with van der Waals surface area (Å²) in [5.41, 5.74) is 1.85. The lowest BCUT2D eigenvalue weighted by Crippen LogP contribution is -2.10. The van der Waals surface area contributed by atoms with Gasteiger partial charge in [0, 0.05) is 30.1 Å². The Kier molecular flexibility index (Phi) is 4.71. The Morgan fingerprint density at radius 1 is 1.12 bits per heavy atom. The fourth-order valence-corrected chi connectivity index (χ4v) is 4.21. The monoisotopic (exact) mass is 366 g/mol. The minimum absolute atomic E-state index is 0.0403. The summed E-state index contributed by atoms with van der Waals surface area (Å²) in [7, 11) is 1.64. The van der Waals surface area contributed by atoms with Crippen LogP contribution in [0.15, 0.2) is 53.9 Å². The van der Waals surface area contributed by atoms with Gasteiger partial charge in [0.05, 0.1) is 12.4 Å². The van der Waals surface area contributed by atoms with Crippen LogP contribution in [-0.2, 0) is 4.79 Å². The van der Waals surface area contributed by atoms with Gasteiger partial charge in [-0.15, -0.1) is 10.2 Å². The van der Waals surface area contributed by atoms with Crippen LogP contribution in [-0.4, -0.2) is 37.9 Å². The van der Waals surface area contributed by atoms with E-state index >= 15 is 0 Å². The molecular formula is C19H18N4O2S. The average molecular weight is 366 g/mol. The molecule has 7 heteroatoms. The molecule has 0 aliphatic heterocycles. The molecule has 6 nitrogen and oxygen atoms in total. The topological polar surface area (TPSA) is 69.9 Å². The zero-order chi connectivity index (χ0) is 17.9. The quantitative estimate of drug-likeness (QED) is 0.688. The molecule has 1 aliphatic carbocycles. The second kappa shape index (κ2) is 7.29. The predicted molar refractivity (Wildman–Crippen MR) is 99.6 cm³/mol. The second-order valence-corrected chi connectivity index (χ2v) is 7.21. The SMILES string of the molecule is COc1ccc(-n2c(S[C@H]3CCCC3=O)nnc2-c2ccncc2)cc1. The van der Waals surface area contributed by atoms with Gasteiger partial charge in [0.25, 0.3) is 0 Å². The van der Waals surface area contributed by atoms with Crippen LogP contribution < -0.4 is 4.74 Å². The third-order valence-electron chi connectivity index (χ3n) is 4.40. The number of rotatable bonds is 5. The number of methoxy groups -OCH3 is 1. The van der Waals surface area contributed by atoms with Crippen molar-refractivity contribution < 1.29 is 9.53 Å². The summed E-state index contributed by atoms with van der Waals surface area (Å²) in [5.74, 6) is 1.81. The van der Waals surface area contributed by atoms with Crippen LogP contribution in [0.1, 0.15) is 19.3 Å². The Morgan fingerprint density at radius 3 is 2.54 bits per heavy atom. The Hall–Kier alpha value is -2.67. The van der Waals surface area contributed by atoms with Gasteiger partial charge >= 0.3 is 0 Å². The molecule has 2 heterocycles. The van der Waals surface area contributed by atoms with Crippen LogP contribution in [0.3, 0.4) is 0 Å². The molecule has 1 atom stereocenters. The molecular weight excluding hydrogens is 348 g/mol. The standard InChI is InChI=1S/C19H18N4O2S/c1-25-15-7-5-14(6-8-15)23-18(13-9-11-20-12-10-13)21-22-19(23)26-17-4-2-3-16(17)24/h5-12,17H,2-4H2,1H3/t17-/m0/s1. The van der Waals surface area contributed by atoms with Gasteiger partial charge in [-0.3, -0.25) is 14.3 Å². The highest BCUT2D eigenvalue weighted by molar-refractivity contribution is 8.00. The van der Waals surface area contributed by atoms with E-state index in [4.69, 9.17) is 4.74 Å². The number of hydrogen-bond acceptors (Lipinski definition) is 6. The first-order chi connectivity index (χ1) is 12.8. The van der Waals surface area contributed by atoms with Crippen molar-refractivity contribution in [3.05, 3.63) is 48.8 Å². The highest BCUT2D eigenvalue weighted by Gasteiger charge is 2.28. The van der Waals surface area contributed by atoms with E-state index in [1.54, 1.807) is 19.5 Å². The molecule has 0 amide bonds. The van der Waals surface area contributed by atoms with Crippen LogP contribution in [0.2, 0.25) is 0 Å². The highest BCUT2D eigenvalue weighted by atomic mass is 32.2. The number of aromatic nitrogens is 4. The molecule has 1 aromatic carbocycles. The number of carbonyl (C=O) groups excluding carboxylic acids is 1. The number of nitrogens with zero attached hydrogens (tertiary/aromatic N) is 4. The molecule has 0 bridgehead atoms. The molecule has 132 valence electrons. The fourth-order valence-electron chi connectivity index (χ4n) is 3.03. The third kappa shape index (κ3) is 3.22. The molecule has 1 fully saturated rings. The predicted octanol–water partition coefficient (Wildman–Crippen LogP) is 3.55. The number of carbonyl (C=O) groups is 1. The first-order valence-corrected chi connectivity index (χ1v) is 9.34. The molecule has 4 rings (SSSR count). The first-order valence-electron chi connectivity index (χ1n) is 8.46. The van der Waals surface area contributed by atoms with Gasteiger partial charge in [0.1, 0.15) is 11.5 Å². The molecule has 0 saturated heterocycles. The fraction of sp³-hybridized carbons (Fsp3) is 0.263. The smallest absolute Gasteiger partial charge is 0.196 e. The third-order valence-corrected chi connectivity index (χ3v) is 5.66. The lowest BCUT2D eigenvalue weighted by Gasteiger charge is -2.12. The van der Waals surface area contributed by atoms with E-state index < -0.39 is 0 Å². The van der Waals surface area contributed by atoms with Crippen molar-refractivity contribution in [2.45, 2.75) is 29.7 Å². The Morgan fingerprint density at radius 2 is 1.88 bits per heavy atom. The van der Waals surface area contributed by atoms with E-state index in [1.807, 2.05) is 41.0 Å². The number of ether oxygens (including phenoxy) is 1. The summed E-state index contributed by atoms with van der Waals surface area (Å²) in [6, 6.07) is 11.5. The van der Waals surface area contributed by atoms with E-state index in [0.29, 0.717) is 12.2 Å². The molecule has 2 aromatic heterocycles. The van der Waals surface area contributed by atoms with Crippen LogP contribution in [0.5, 0.6) is 5.75 Å². The molecule has 0 unspecified atom stereocenters. The number of benzene rings is 1. The van der Waals surface area contributed by atoms with Gasteiger partial charge < -0.3 is 4.74 Å². The van der Waals surface area contributed by atoms with Gasteiger partial charge in [0.2, 0.25) is 0 Å². The van der Waals surface area contributed by atoms with Crippen LogP contribution in [0.25, 0.3) is 17.1 Å². The zero-order valence-corrected chi connectivity index (χ0v) is 15.1. The molecule has 26 heavy (non-hydrogen) atoms. The first kappa shape index (κ1) is 16.8. The highest BCUT2D eigenvalue weighted by Crippen LogP contribution is 2.35. The van der Waals surface area contributed by atoms with E-state index in [9.17, 15) is 4.79 Å². The maximum Gasteiger partial charge on any atom is 0.196 e. The van der Waals surface area contributed by atoms with E-state index in [1.165, 1.54) is 11.8 Å². The maximum atomic E-state index is 12.1. The zero-order valence-electron chi connectivity index (χ0n) is 14.3.